The fourth-order valence-corrected chi connectivity index (χ4v) is 2.76. The van der Waals surface area contributed by atoms with Gasteiger partial charge in [-0.1, -0.05) is 6.42 Å². The van der Waals surface area contributed by atoms with E-state index in [0.29, 0.717) is 6.42 Å². The van der Waals surface area contributed by atoms with Crippen LogP contribution in [0.2, 0.25) is 0 Å². The summed E-state index contributed by atoms with van der Waals surface area (Å²) < 4.78 is 36.8. The summed E-state index contributed by atoms with van der Waals surface area (Å²) in [5, 5.41) is 3.34. The smallest absolute Gasteiger partial charge is 0.335 e. The number of nitrogens with one attached hydrogen (secondary N) is 1. The molecular weight excluding hydrogens is 233 g/mol. The maximum Gasteiger partial charge on any atom is 0.471 e. The first-order valence-electron chi connectivity index (χ1n) is 6.08. The largest absolute Gasteiger partial charge is 0.471 e. The number of hydrogen-bond acceptors (Lipinski definition) is 2. The number of carbonyl (C=O) groups is 1. The number of rotatable bonds is 1. The van der Waals surface area contributed by atoms with Crippen molar-refractivity contribution in [3.63, 3.8) is 0 Å². The Morgan fingerprint density at radius 2 is 2.00 bits per heavy atom. The van der Waals surface area contributed by atoms with Crippen molar-refractivity contribution in [2.75, 3.05) is 19.6 Å². The van der Waals surface area contributed by atoms with Crippen molar-refractivity contribution in [3.05, 3.63) is 0 Å². The second-order valence-corrected chi connectivity index (χ2v) is 4.85. The number of alkyl halides is 3. The predicted molar refractivity (Wildman–Crippen MR) is 56.4 cm³/mol. The van der Waals surface area contributed by atoms with Crippen LogP contribution in [0, 0.1) is 5.92 Å². The van der Waals surface area contributed by atoms with Crippen LogP contribution in [0.4, 0.5) is 13.2 Å². The standard InChI is InChI=1S/C11H17F3N2O/c12-11(13,14)10(17)16-6-4-8(7-16)9-3-1-2-5-15-9/h8-9,15H,1-7H2. The second-order valence-electron chi connectivity index (χ2n) is 4.85. The van der Waals surface area contributed by atoms with Crippen LogP contribution in [-0.4, -0.2) is 42.7 Å². The van der Waals surface area contributed by atoms with Crippen molar-refractivity contribution in [1.82, 2.24) is 10.2 Å². The molecule has 2 heterocycles. The minimum atomic E-state index is -4.73. The second kappa shape index (κ2) is 4.84. The summed E-state index contributed by atoms with van der Waals surface area (Å²) in [6, 6.07) is 0.287. The van der Waals surface area contributed by atoms with E-state index >= 15 is 0 Å². The monoisotopic (exact) mass is 250 g/mol. The molecule has 0 spiro atoms. The van der Waals surface area contributed by atoms with Gasteiger partial charge in [-0.3, -0.25) is 4.79 Å². The lowest BCUT2D eigenvalue weighted by atomic mass is 9.91. The summed E-state index contributed by atoms with van der Waals surface area (Å²) in [4.78, 5) is 12.0. The van der Waals surface area contributed by atoms with Gasteiger partial charge in [-0.05, 0) is 31.7 Å². The molecule has 0 radical (unpaired) electrons. The highest BCUT2D eigenvalue weighted by Gasteiger charge is 2.45. The maximum atomic E-state index is 12.3. The molecule has 2 saturated heterocycles. The summed E-state index contributed by atoms with van der Waals surface area (Å²) in [7, 11) is 0. The van der Waals surface area contributed by atoms with E-state index in [1.165, 1.54) is 0 Å². The number of amides is 1. The molecule has 1 N–H and O–H groups in total. The van der Waals surface area contributed by atoms with Crippen molar-refractivity contribution in [3.8, 4) is 0 Å². The maximum absolute atomic E-state index is 12.3. The molecule has 98 valence electrons. The van der Waals surface area contributed by atoms with Gasteiger partial charge in [-0.25, -0.2) is 0 Å². The van der Waals surface area contributed by atoms with Gasteiger partial charge in [0.05, 0.1) is 0 Å². The minimum absolute atomic E-state index is 0.182. The fraction of sp³-hybridized carbons (Fsp3) is 0.909. The Kier molecular flexibility index (Phi) is 3.61. The van der Waals surface area contributed by atoms with Crippen LogP contribution in [0.3, 0.4) is 0 Å². The average Bonchev–Trinajstić information content (AvgIpc) is 2.77. The average molecular weight is 250 g/mol. The molecule has 0 aromatic carbocycles. The van der Waals surface area contributed by atoms with Crippen molar-refractivity contribution in [2.24, 2.45) is 5.92 Å². The fourth-order valence-electron chi connectivity index (χ4n) is 2.76. The van der Waals surface area contributed by atoms with Crippen LogP contribution in [0.25, 0.3) is 0 Å². The summed E-state index contributed by atoms with van der Waals surface area (Å²) >= 11 is 0. The number of carbonyl (C=O) groups excluding carboxylic acids is 1. The molecule has 2 aliphatic rings. The Bertz CT molecular complexity index is 287. The van der Waals surface area contributed by atoms with Gasteiger partial charge in [0, 0.05) is 19.1 Å². The topological polar surface area (TPSA) is 32.3 Å². The molecule has 6 heteroatoms. The van der Waals surface area contributed by atoms with E-state index in [-0.39, 0.29) is 25.0 Å². The molecule has 1 amide bonds. The number of piperidine rings is 1. The third-order valence-electron chi connectivity index (χ3n) is 3.67. The van der Waals surface area contributed by atoms with E-state index in [1.807, 2.05) is 0 Å². The van der Waals surface area contributed by atoms with Gasteiger partial charge >= 0.3 is 12.1 Å². The van der Waals surface area contributed by atoms with E-state index in [1.54, 1.807) is 0 Å². The van der Waals surface area contributed by atoms with E-state index in [9.17, 15) is 18.0 Å². The zero-order valence-corrected chi connectivity index (χ0v) is 9.59. The number of halogens is 3. The third-order valence-corrected chi connectivity index (χ3v) is 3.67. The molecule has 0 aromatic heterocycles. The Labute approximate surface area is 98.3 Å². The molecule has 0 aromatic rings. The third kappa shape index (κ3) is 2.91. The molecule has 2 aliphatic heterocycles. The quantitative estimate of drug-likeness (QED) is 0.765. The van der Waals surface area contributed by atoms with E-state index in [4.69, 9.17) is 0 Å². The zero-order chi connectivity index (χ0) is 12.5. The summed E-state index contributed by atoms with van der Waals surface area (Å²) in [5.74, 6) is -1.50. The molecule has 17 heavy (non-hydrogen) atoms. The lowest BCUT2D eigenvalue weighted by molar-refractivity contribution is -0.184. The van der Waals surface area contributed by atoms with E-state index in [0.717, 1.165) is 30.7 Å². The van der Waals surface area contributed by atoms with Gasteiger partial charge in [-0.15, -0.1) is 0 Å². The normalized spacial score (nSPS) is 30.6. The van der Waals surface area contributed by atoms with Gasteiger partial charge in [0.25, 0.3) is 0 Å². The first-order valence-corrected chi connectivity index (χ1v) is 6.08. The molecule has 0 aliphatic carbocycles. The van der Waals surface area contributed by atoms with Crippen LogP contribution < -0.4 is 5.32 Å². The molecule has 2 atom stereocenters. The molecular formula is C11H17F3N2O. The Hall–Kier alpha value is -0.780. The van der Waals surface area contributed by atoms with Crippen molar-refractivity contribution in [2.45, 2.75) is 37.9 Å². The molecule has 2 unspecified atom stereocenters. The lowest BCUT2D eigenvalue weighted by Crippen LogP contribution is -2.43. The van der Waals surface area contributed by atoms with E-state index < -0.39 is 12.1 Å². The minimum Gasteiger partial charge on any atom is -0.335 e. The van der Waals surface area contributed by atoms with Crippen LogP contribution in [0.1, 0.15) is 25.7 Å². The number of hydrogen-bond donors (Lipinski definition) is 1. The molecule has 2 rings (SSSR count). The lowest BCUT2D eigenvalue weighted by Gasteiger charge is -2.28. The van der Waals surface area contributed by atoms with Crippen LogP contribution in [0.15, 0.2) is 0 Å². The summed E-state index contributed by atoms with van der Waals surface area (Å²) in [6.45, 7) is 1.42. The Morgan fingerprint density at radius 1 is 1.24 bits per heavy atom. The Morgan fingerprint density at radius 3 is 2.59 bits per heavy atom. The van der Waals surface area contributed by atoms with Crippen LogP contribution in [-0.2, 0) is 4.79 Å². The first-order chi connectivity index (χ1) is 7.98. The predicted octanol–water partition coefficient (Wildman–Crippen LogP) is 1.54. The number of nitrogens with zero attached hydrogens (tertiary/aromatic N) is 1. The summed E-state index contributed by atoms with van der Waals surface area (Å²) in [5.41, 5.74) is 0. The van der Waals surface area contributed by atoms with Crippen molar-refractivity contribution in [1.29, 1.82) is 0 Å². The molecule has 0 saturated carbocycles. The van der Waals surface area contributed by atoms with Gasteiger partial charge in [0.15, 0.2) is 0 Å². The van der Waals surface area contributed by atoms with Gasteiger partial charge < -0.3 is 10.2 Å². The molecule has 3 nitrogen and oxygen atoms in total. The SMILES string of the molecule is O=C(N1CCC(C2CCCCN2)C1)C(F)(F)F. The molecule has 0 bridgehead atoms. The molecule has 2 fully saturated rings. The van der Waals surface area contributed by atoms with Crippen LogP contribution >= 0.6 is 0 Å². The zero-order valence-electron chi connectivity index (χ0n) is 9.59. The van der Waals surface area contributed by atoms with Crippen LogP contribution in [0.5, 0.6) is 0 Å². The van der Waals surface area contributed by atoms with Gasteiger partial charge in [0.1, 0.15) is 0 Å². The summed E-state index contributed by atoms with van der Waals surface area (Å²) in [6.07, 6.45) is -0.775. The van der Waals surface area contributed by atoms with Crippen molar-refractivity contribution >= 4 is 5.91 Å². The van der Waals surface area contributed by atoms with E-state index in [2.05, 4.69) is 5.32 Å². The Balaban J connectivity index is 1.88. The van der Waals surface area contributed by atoms with Gasteiger partial charge in [0.2, 0.25) is 0 Å². The highest BCUT2D eigenvalue weighted by molar-refractivity contribution is 5.82. The van der Waals surface area contributed by atoms with Gasteiger partial charge in [-0.2, -0.15) is 13.2 Å². The highest BCUT2D eigenvalue weighted by atomic mass is 19.4. The first kappa shape index (κ1) is 12.7. The highest BCUT2D eigenvalue weighted by Crippen LogP contribution is 2.28. The number of likely N-dealkylation sites (tertiary alicyclic amines) is 1. The van der Waals surface area contributed by atoms with Crippen molar-refractivity contribution < 1.29 is 18.0 Å².